The van der Waals surface area contributed by atoms with Crippen molar-refractivity contribution in [3.63, 3.8) is 0 Å². The molecule has 0 aromatic rings. The first-order valence-electron chi connectivity index (χ1n) is 13.1. The molecule has 0 aromatic carbocycles. The number of nitrogens with one attached hydrogen (secondary N) is 2. The number of nitrogens with zero attached hydrogens (tertiary/aromatic N) is 1. The van der Waals surface area contributed by atoms with E-state index in [2.05, 4.69) is 14.9 Å². The molecule has 2 aliphatic heterocycles. The number of likely N-dealkylation sites (tertiary alicyclic amines) is 1. The molecule has 32 heavy (non-hydrogen) atoms. The lowest BCUT2D eigenvalue weighted by Gasteiger charge is -2.29. The van der Waals surface area contributed by atoms with Gasteiger partial charge in [-0.3, -0.25) is 15.0 Å². The second-order valence-electron chi connectivity index (χ2n) is 11.4. The van der Waals surface area contributed by atoms with Gasteiger partial charge in [-0.1, -0.05) is 44.6 Å². The molecule has 2 N–H and O–H groups in total. The number of sulfonamides is 1. The molecule has 5 aliphatic rings. The third kappa shape index (κ3) is 5.10. The summed E-state index contributed by atoms with van der Waals surface area (Å²) in [7, 11) is -1.72. The minimum atomic E-state index is -3.74. The summed E-state index contributed by atoms with van der Waals surface area (Å²) >= 11 is 0. The molecule has 0 spiro atoms. The lowest BCUT2D eigenvalue weighted by Crippen LogP contribution is -2.36. The lowest BCUT2D eigenvalue weighted by molar-refractivity contribution is -0.118. The SMILES string of the molecule is CN1CCCCC1/C=C/S(=O)(=O)NC(=O)C1NC1CC1CC2CCCC2CC2CCCC21. The van der Waals surface area contributed by atoms with Crippen molar-refractivity contribution in [1.29, 1.82) is 0 Å². The third-order valence-electron chi connectivity index (χ3n) is 9.43. The molecule has 2 heterocycles. The normalized spacial score (nSPS) is 42.4. The average molecular weight is 464 g/mol. The third-order valence-corrected chi connectivity index (χ3v) is 10.4. The number of amides is 1. The van der Waals surface area contributed by atoms with E-state index in [0.29, 0.717) is 5.92 Å². The summed E-state index contributed by atoms with van der Waals surface area (Å²) in [5.74, 6) is 3.86. The number of likely N-dealkylation sites (N-methyl/N-ethyl adjacent to an activating group) is 1. The zero-order chi connectivity index (χ0) is 22.3. The summed E-state index contributed by atoms with van der Waals surface area (Å²) in [6.45, 7) is 0.986. The van der Waals surface area contributed by atoms with Gasteiger partial charge in [-0.05, 0) is 81.7 Å². The zero-order valence-corrected chi connectivity index (χ0v) is 20.4. The second-order valence-corrected chi connectivity index (χ2v) is 13.0. The molecule has 5 fully saturated rings. The van der Waals surface area contributed by atoms with Crippen LogP contribution in [0, 0.1) is 29.6 Å². The fourth-order valence-electron chi connectivity index (χ4n) is 7.68. The van der Waals surface area contributed by atoms with E-state index < -0.39 is 10.0 Å². The van der Waals surface area contributed by atoms with Crippen molar-refractivity contribution in [1.82, 2.24) is 14.9 Å². The summed E-state index contributed by atoms with van der Waals surface area (Å²) < 4.78 is 27.2. The van der Waals surface area contributed by atoms with Crippen LogP contribution in [0.3, 0.4) is 0 Å². The Hall–Kier alpha value is -0.920. The summed E-state index contributed by atoms with van der Waals surface area (Å²) in [6, 6.07) is -0.0721. The van der Waals surface area contributed by atoms with E-state index in [0.717, 1.165) is 55.9 Å². The van der Waals surface area contributed by atoms with E-state index in [1.165, 1.54) is 56.8 Å². The Labute approximate surface area is 194 Å². The maximum Gasteiger partial charge on any atom is 0.256 e. The van der Waals surface area contributed by atoms with Gasteiger partial charge in [-0.15, -0.1) is 0 Å². The van der Waals surface area contributed by atoms with Crippen LogP contribution >= 0.6 is 0 Å². The van der Waals surface area contributed by atoms with E-state index in [-0.39, 0.29) is 24.0 Å². The molecular formula is C25H41N3O3S. The first kappa shape index (κ1) is 22.9. The Morgan fingerprint density at radius 1 is 1.00 bits per heavy atom. The molecule has 1 amide bonds. The molecule has 0 bridgehead atoms. The maximum absolute atomic E-state index is 12.7. The zero-order valence-electron chi connectivity index (χ0n) is 19.5. The van der Waals surface area contributed by atoms with E-state index >= 15 is 0 Å². The van der Waals surface area contributed by atoms with Gasteiger partial charge in [-0.25, -0.2) is 13.1 Å². The van der Waals surface area contributed by atoms with E-state index in [1.54, 1.807) is 6.08 Å². The summed E-state index contributed by atoms with van der Waals surface area (Å²) in [4.78, 5) is 14.8. The highest BCUT2D eigenvalue weighted by Crippen LogP contribution is 2.53. The highest BCUT2D eigenvalue weighted by atomic mass is 32.2. The van der Waals surface area contributed by atoms with Crippen LogP contribution in [0.25, 0.3) is 0 Å². The van der Waals surface area contributed by atoms with Crippen LogP contribution in [0.5, 0.6) is 0 Å². The Bertz CT molecular complexity index is 828. The monoisotopic (exact) mass is 463 g/mol. The van der Waals surface area contributed by atoms with Crippen LogP contribution in [0.2, 0.25) is 0 Å². The average Bonchev–Trinajstić information content (AvgIpc) is 3.19. The van der Waals surface area contributed by atoms with Crippen molar-refractivity contribution < 1.29 is 13.2 Å². The Morgan fingerprint density at radius 3 is 2.56 bits per heavy atom. The van der Waals surface area contributed by atoms with Crippen LogP contribution in [-0.2, 0) is 14.8 Å². The Kier molecular flexibility index (Phi) is 6.70. The standard InChI is InChI=1S/C25H41N3O3S/c1-28-12-3-2-9-21(28)11-13-32(30,31)27-25(29)24-23(26-24)16-20-15-18-7-4-6-17(18)14-19-8-5-10-22(19)20/h11,13,17-24,26H,2-10,12,14-16H2,1H3,(H,27,29)/b13-11+. The second kappa shape index (κ2) is 9.38. The Balaban J connectivity index is 1.15. The molecule has 180 valence electrons. The van der Waals surface area contributed by atoms with Crippen LogP contribution in [0.4, 0.5) is 0 Å². The van der Waals surface area contributed by atoms with Crippen LogP contribution < -0.4 is 10.0 Å². The Morgan fingerprint density at radius 2 is 1.75 bits per heavy atom. The predicted octanol–water partition coefficient (Wildman–Crippen LogP) is 3.40. The van der Waals surface area contributed by atoms with Crippen molar-refractivity contribution in [2.45, 2.75) is 95.2 Å². The van der Waals surface area contributed by atoms with Gasteiger partial charge in [-0.2, -0.15) is 0 Å². The number of carbonyl (C=O) groups excluding carboxylic acids is 1. The number of carbonyl (C=O) groups is 1. The number of piperidine rings is 1. The largest absolute Gasteiger partial charge is 0.300 e. The molecule has 3 saturated carbocycles. The number of rotatable bonds is 6. The molecular weight excluding hydrogens is 422 g/mol. The molecule has 8 atom stereocenters. The molecule has 5 rings (SSSR count). The molecule has 7 heteroatoms. The van der Waals surface area contributed by atoms with Gasteiger partial charge in [0.15, 0.2) is 0 Å². The van der Waals surface area contributed by atoms with Crippen molar-refractivity contribution in [3.8, 4) is 0 Å². The maximum atomic E-state index is 12.7. The summed E-state index contributed by atoms with van der Waals surface area (Å²) in [6.07, 6.45) is 17.1. The van der Waals surface area contributed by atoms with Crippen molar-refractivity contribution in [2.24, 2.45) is 29.6 Å². The quantitative estimate of drug-likeness (QED) is 0.590. The van der Waals surface area contributed by atoms with Gasteiger partial charge in [0, 0.05) is 17.5 Å². The lowest BCUT2D eigenvalue weighted by atomic mass is 9.78. The van der Waals surface area contributed by atoms with Gasteiger partial charge >= 0.3 is 0 Å². The molecule has 0 aromatic heterocycles. The smallest absolute Gasteiger partial charge is 0.256 e. The topological polar surface area (TPSA) is 88.4 Å². The van der Waals surface area contributed by atoms with Gasteiger partial charge in [0.05, 0.1) is 0 Å². The van der Waals surface area contributed by atoms with Crippen LogP contribution in [0.1, 0.15) is 77.0 Å². The van der Waals surface area contributed by atoms with Crippen LogP contribution in [-0.4, -0.2) is 50.9 Å². The highest BCUT2D eigenvalue weighted by Gasteiger charge is 2.48. The fourth-order valence-corrected chi connectivity index (χ4v) is 8.54. The fraction of sp³-hybridized carbons (Fsp3) is 0.880. The van der Waals surface area contributed by atoms with Crippen LogP contribution in [0.15, 0.2) is 11.5 Å². The first-order valence-corrected chi connectivity index (χ1v) is 14.7. The predicted molar refractivity (Wildman–Crippen MR) is 126 cm³/mol. The molecule has 3 aliphatic carbocycles. The minimum absolute atomic E-state index is 0.135. The summed E-state index contributed by atoms with van der Waals surface area (Å²) in [5.41, 5.74) is 0. The first-order chi connectivity index (χ1) is 15.4. The van der Waals surface area contributed by atoms with Gasteiger partial charge < -0.3 is 0 Å². The molecule has 8 unspecified atom stereocenters. The molecule has 0 radical (unpaired) electrons. The van der Waals surface area contributed by atoms with Gasteiger partial charge in [0.25, 0.3) is 15.9 Å². The highest BCUT2D eigenvalue weighted by molar-refractivity contribution is 7.92. The van der Waals surface area contributed by atoms with E-state index in [1.807, 2.05) is 7.05 Å². The molecule has 6 nitrogen and oxygen atoms in total. The summed E-state index contributed by atoms with van der Waals surface area (Å²) in [5, 5.41) is 4.50. The number of fused-ring (bicyclic) bond motifs is 2. The minimum Gasteiger partial charge on any atom is -0.300 e. The van der Waals surface area contributed by atoms with Crippen molar-refractivity contribution in [3.05, 3.63) is 11.5 Å². The van der Waals surface area contributed by atoms with Crippen molar-refractivity contribution >= 4 is 15.9 Å². The van der Waals surface area contributed by atoms with E-state index in [4.69, 9.17) is 0 Å². The van der Waals surface area contributed by atoms with Crippen molar-refractivity contribution in [2.75, 3.05) is 13.6 Å². The number of hydrogen-bond donors (Lipinski definition) is 2. The number of hydrogen-bond acceptors (Lipinski definition) is 5. The van der Waals surface area contributed by atoms with E-state index in [9.17, 15) is 13.2 Å². The molecule has 2 saturated heterocycles. The van der Waals surface area contributed by atoms with Gasteiger partial charge in [0.2, 0.25) is 0 Å². The van der Waals surface area contributed by atoms with Gasteiger partial charge in [0.1, 0.15) is 6.04 Å².